The lowest BCUT2D eigenvalue weighted by Crippen LogP contribution is -2.16. The van der Waals surface area contributed by atoms with Gasteiger partial charge < -0.3 is 10.2 Å². The van der Waals surface area contributed by atoms with E-state index in [-0.39, 0.29) is 21.8 Å². The number of nitrogens with zero attached hydrogens (tertiary/aromatic N) is 2. The number of H-pyrrole nitrogens is 1. The summed E-state index contributed by atoms with van der Waals surface area (Å²) in [5.74, 6) is -1.50. The van der Waals surface area contributed by atoms with E-state index < -0.39 is 11.5 Å². The van der Waals surface area contributed by atoms with E-state index >= 15 is 0 Å². The fraction of sp³-hybridized carbons (Fsp3) is 0. The molecule has 0 unspecified atom stereocenters. The number of hydrogen-bond acceptors (Lipinski definition) is 5. The number of fused-ring (bicyclic) bond motifs is 1. The molecule has 2 heterocycles. The van der Waals surface area contributed by atoms with Crippen molar-refractivity contribution in [2.45, 2.75) is 0 Å². The summed E-state index contributed by atoms with van der Waals surface area (Å²) in [5, 5.41) is 20.0. The van der Waals surface area contributed by atoms with Gasteiger partial charge in [0.05, 0.1) is 16.9 Å². The van der Waals surface area contributed by atoms with E-state index in [9.17, 15) is 19.8 Å². The highest BCUT2D eigenvalue weighted by molar-refractivity contribution is 7.71. The number of allylic oxidation sites excluding steroid dienone is 1. The van der Waals surface area contributed by atoms with Crippen molar-refractivity contribution < 1.29 is 15.0 Å². The van der Waals surface area contributed by atoms with E-state index in [1.54, 1.807) is 12.3 Å². The summed E-state index contributed by atoms with van der Waals surface area (Å²) in [6, 6.07) is 13.3. The Morgan fingerprint density at radius 1 is 1.18 bits per heavy atom. The van der Waals surface area contributed by atoms with Crippen LogP contribution in [0.15, 0.2) is 58.3 Å². The topological polar surface area (TPSA) is 108 Å². The van der Waals surface area contributed by atoms with Gasteiger partial charge in [-0.2, -0.15) is 0 Å². The Bertz CT molecular complexity index is 1300. The summed E-state index contributed by atoms with van der Waals surface area (Å²) in [5.41, 5.74) is 2.06. The number of aliphatic imine (C=N–C) groups is 1. The molecule has 3 N–H and O–H groups in total. The molecular formula is C20H13N3O4S. The molecule has 3 aromatic rings. The zero-order chi connectivity index (χ0) is 19.8. The first kappa shape index (κ1) is 17.6. The van der Waals surface area contributed by atoms with Gasteiger partial charge in [0.25, 0.3) is 5.56 Å². The Hall–Kier alpha value is -3.78. The molecule has 0 bridgehead atoms. The number of nitrogens with one attached hydrogen (secondary N) is 1. The van der Waals surface area contributed by atoms with Crippen LogP contribution in [0.3, 0.4) is 0 Å². The van der Waals surface area contributed by atoms with Crippen molar-refractivity contribution in [3.05, 3.63) is 80.3 Å². The molecule has 138 valence electrons. The molecule has 0 radical (unpaired) electrons. The molecule has 0 saturated heterocycles. The Morgan fingerprint density at radius 3 is 2.75 bits per heavy atom. The third kappa shape index (κ3) is 2.95. The van der Waals surface area contributed by atoms with Gasteiger partial charge >= 0.3 is 5.97 Å². The van der Waals surface area contributed by atoms with Gasteiger partial charge in [-0.15, -0.1) is 0 Å². The van der Waals surface area contributed by atoms with Crippen molar-refractivity contribution in [2.24, 2.45) is 4.99 Å². The van der Waals surface area contributed by atoms with Crippen LogP contribution in [0.5, 0.6) is 5.88 Å². The first-order valence-electron chi connectivity index (χ1n) is 8.23. The maximum Gasteiger partial charge on any atom is 0.335 e. The normalized spacial score (nSPS) is 13.6. The van der Waals surface area contributed by atoms with Crippen LogP contribution in [-0.4, -0.2) is 31.9 Å². The Balaban J connectivity index is 1.91. The fourth-order valence-electron chi connectivity index (χ4n) is 3.00. The number of para-hydroxylation sites is 1. The molecular weight excluding hydrogens is 378 g/mol. The van der Waals surface area contributed by atoms with E-state index in [0.29, 0.717) is 11.3 Å². The zero-order valence-electron chi connectivity index (χ0n) is 14.3. The van der Waals surface area contributed by atoms with Crippen molar-refractivity contribution in [2.75, 3.05) is 0 Å². The number of benzene rings is 2. The minimum absolute atomic E-state index is 0.00696. The zero-order valence-corrected chi connectivity index (χ0v) is 15.1. The third-order valence-corrected chi connectivity index (χ3v) is 4.61. The summed E-state index contributed by atoms with van der Waals surface area (Å²) >= 11 is 5.18. The van der Waals surface area contributed by atoms with Crippen molar-refractivity contribution in [1.82, 2.24) is 9.55 Å². The first-order chi connectivity index (χ1) is 13.5. The van der Waals surface area contributed by atoms with Crippen LogP contribution in [0.1, 0.15) is 21.5 Å². The Labute approximate surface area is 163 Å². The molecule has 0 atom stereocenters. The maximum atomic E-state index is 12.4. The van der Waals surface area contributed by atoms with E-state index in [1.165, 1.54) is 28.8 Å². The molecule has 0 saturated carbocycles. The number of aromatic carboxylic acids is 1. The third-order valence-electron chi connectivity index (χ3n) is 4.33. The van der Waals surface area contributed by atoms with E-state index in [1.807, 2.05) is 24.3 Å². The van der Waals surface area contributed by atoms with Crippen molar-refractivity contribution in [1.29, 1.82) is 0 Å². The molecule has 0 aliphatic carbocycles. The van der Waals surface area contributed by atoms with Gasteiger partial charge in [0, 0.05) is 17.4 Å². The molecule has 4 rings (SSSR count). The number of carboxylic acid groups (broad SMARTS) is 1. The second-order valence-corrected chi connectivity index (χ2v) is 6.45. The average Bonchev–Trinajstić information content (AvgIpc) is 3.08. The number of carboxylic acids is 1. The van der Waals surface area contributed by atoms with E-state index in [0.717, 1.165) is 11.3 Å². The molecule has 1 aromatic heterocycles. The SMILES string of the molecule is O=C(O)c1cccc(-n2c(O)c(/C=C3/C=Nc4ccccc43)c(=O)[nH]c2=S)c1. The van der Waals surface area contributed by atoms with Gasteiger partial charge in [-0.25, -0.2) is 4.79 Å². The van der Waals surface area contributed by atoms with Crippen LogP contribution < -0.4 is 5.56 Å². The van der Waals surface area contributed by atoms with Gasteiger partial charge in [0.2, 0.25) is 5.88 Å². The van der Waals surface area contributed by atoms with Gasteiger partial charge in [-0.1, -0.05) is 24.3 Å². The summed E-state index contributed by atoms with van der Waals surface area (Å²) in [7, 11) is 0. The second-order valence-electron chi connectivity index (χ2n) is 6.06. The quantitative estimate of drug-likeness (QED) is 0.592. The molecule has 0 amide bonds. The highest BCUT2D eigenvalue weighted by Gasteiger charge is 2.17. The predicted molar refractivity (Wildman–Crippen MR) is 108 cm³/mol. The first-order valence-corrected chi connectivity index (χ1v) is 8.64. The molecule has 28 heavy (non-hydrogen) atoms. The number of carbonyl (C=O) groups is 1. The monoisotopic (exact) mass is 391 g/mol. The average molecular weight is 391 g/mol. The maximum absolute atomic E-state index is 12.4. The van der Waals surface area contributed by atoms with Crippen LogP contribution >= 0.6 is 12.2 Å². The Morgan fingerprint density at radius 2 is 1.96 bits per heavy atom. The summed E-state index contributed by atoms with van der Waals surface area (Å²) in [4.78, 5) is 30.5. The van der Waals surface area contributed by atoms with Crippen LogP contribution in [0, 0.1) is 4.77 Å². The van der Waals surface area contributed by atoms with E-state index in [2.05, 4.69) is 9.98 Å². The molecule has 8 heteroatoms. The van der Waals surface area contributed by atoms with Gasteiger partial charge in [-0.3, -0.25) is 19.3 Å². The number of hydrogen-bond donors (Lipinski definition) is 3. The molecule has 0 spiro atoms. The lowest BCUT2D eigenvalue weighted by molar-refractivity contribution is 0.0697. The minimum Gasteiger partial charge on any atom is -0.494 e. The van der Waals surface area contributed by atoms with Crippen LogP contribution in [0.4, 0.5) is 5.69 Å². The van der Waals surface area contributed by atoms with Crippen molar-refractivity contribution >= 4 is 41.7 Å². The van der Waals surface area contributed by atoms with Gasteiger partial charge in [0.1, 0.15) is 5.56 Å². The standard InChI is InChI=1S/C20H13N3O4S/c24-17-15(9-12-10-21-16-7-2-1-6-14(12)16)18(25)23(20(28)22-17)13-5-3-4-11(8-13)19(26)27/h1-10,25H,(H,26,27)(H,22,24,28)/b12-9-. The van der Waals surface area contributed by atoms with Crippen LogP contribution in [-0.2, 0) is 0 Å². The van der Waals surface area contributed by atoms with Gasteiger partial charge in [-0.05, 0) is 42.6 Å². The molecule has 0 fully saturated rings. The lowest BCUT2D eigenvalue weighted by atomic mass is 10.1. The highest BCUT2D eigenvalue weighted by atomic mass is 32.1. The highest BCUT2D eigenvalue weighted by Crippen LogP contribution is 2.33. The van der Waals surface area contributed by atoms with Gasteiger partial charge in [0.15, 0.2) is 4.77 Å². The number of rotatable bonds is 3. The Kier molecular flexibility index (Phi) is 4.25. The minimum atomic E-state index is -1.11. The second kappa shape index (κ2) is 6.75. The number of aromatic hydroxyl groups is 1. The molecule has 7 nitrogen and oxygen atoms in total. The van der Waals surface area contributed by atoms with Crippen LogP contribution in [0.25, 0.3) is 17.3 Å². The lowest BCUT2D eigenvalue weighted by Gasteiger charge is -2.12. The molecule has 1 aliphatic rings. The predicted octanol–water partition coefficient (Wildman–Crippen LogP) is 3.56. The van der Waals surface area contributed by atoms with Crippen LogP contribution in [0.2, 0.25) is 0 Å². The summed E-state index contributed by atoms with van der Waals surface area (Å²) in [6.45, 7) is 0. The largest absolute Gasteiger partial charge is 0.494 e. The molecule has 1 aliphatic heterocycles. The summed E-state index contributed by atoms with van der Waals surface area (Å²) in [6.07, 6.45) is 3.14. The van der Waals surface area contributed by atoms with Crippen molar-refractivity contribution in [3.8, 4) is 11.6 Å². The molecule has 2 aromatic carbocycles. The number of aromatic amines is 1. The smallest absolute Gasteiger partial charge is 0.335 e. The van der Waals surface area contributed by atoms with E-state index in [4.69, 9.17) is 12.2 Å². The number of aromatic nitrogens is 2. The fourth-order valence-corrected chi connectivity index (χ4v) is 3.28. The van der Waals surface area contributed by atoms with Crippen molar-refractivity contribution in [3.63, 3.8) is 0 Å². The summed E-state index contributed by atoms with van der Waals surface area (Å²) < 4.78 is 1.17.